The fraction of sp³-hybridized carbons (Fsp3) is 0.333. The number of hydrogen-bond acceptors (Lipinski definition) is 0. The van der Waals surface area contributed by atoms with E-state index in [9.17, 15) is 0 Å². The van der Waals surface area contributed by atoms with Crippen LogP contribution in [0.3, 0.4) is 0 Å². The SMILES string of the molecule is C[N+](C)(C)Cc1c[nH]c2ccccc12. The van der Waals surface area contributed by atoms with Crippen molar-refractivity contribution in [2.45, 2.75) is 6.54 Å². The van der Waals surface area contributed by atoms with Gasteiger partial charge in [-0.15, -0.1) is 0 Å². The van der Waals surface area contributed by atoms with Crippen molar-refractivity contribution in [1.82, 2.24) is 4.98 Å². The lowest BCUT2D eigenvalue weighted by molar-refractivity contribution is -0.883. The molecule has 0 saturated carbocycles. The number of rotatable bonds is 2. The molecule has 0 unspecified atom stereocenters. The number of nitrogens with zero attached hydrogens (tertiary/aromatic N) is 1. The van der Waals surface area contributed by atoms with Crippen LogP contribution in [0.25, 0.3) is 10.9 Å². The van der Waals surface area contributed by atoms with Crippen LogP contribution in [0.15, 0.2) is 30.5 Å². The summed E-state index contributed by atoms with van der Waals surface area (Å²) in [7, 11) is 6.63. The number of nitrogens with one attached hydrogen (secondary N) is 1. The Morgan fingerprint density at radius 3 is 2.57 bits per heavy atom. The molecule has 0 saturated heterocycles. The Hall–Kier alpha value is -1.28. The van der Waals surface area contributed by atoms with Crippen LogP contribution in [0, 0.1) is 0 Å². The number of fused-ring (bicyclic) bond motifs is 1. The zero-order chi connectivity index (χ0) is 10.2. The molecule has 2 heteroatoms. The minimum Gasteiger partial charge on any atom is -0.361 e. The summed E-state index contributed by atoms with van der Waals surface area (Å²) < 4.78 is 0.960. The molecule has 2 nitrogen and oxygen atoms in total. The highest BCUT2D eigenvalue weighted by Gasteiger charge is 2.11. The summed E-state index contributed by atoms with van der Waals surface area (Å²) in [5.74, 6) is 0. The third-order valence-electron chi connectivity index (χ3n) is 2.32. The zero-order valence-corrected chi connectivity index (χ0v) is 9.04. The van der Waals surface area contributed by atoms with Gasteiger partial charge in [0.15, 0.2) is 0 Å². The largest absolute Gasteiger partial charge is 0.361 e. The second-order valence-electron chi connectivity index (χ2n) is 4.81. The van der Waals surface area contributed by atoms with Crippen LogP contribution in [0.1, 0.15) is 5.56 Å². The monoisotopic (exact) mass is 189 g/mol. The maximum atomic E-state index is 3.30. The summed E-state index contributed by atoms with van der Waals surface area (Å²) in [6.07, 6.45) is 2.12. The van der Waals surface area contributed by atoms with Gasteiger partial charge in [-0.2, -0.15) is 0 Å². The van der Waals surface area contributed by atoms with Crippen molar-refractivity contribution in [3.05, 3.63) is 36.0 Å². The molecule has 74 valence electrons. The van der Waals surface area contributed by atoms with Gasteiger partial charge in [-0.3, -0.25) is 0 Å². The highest BCUT2D eigenvalue weighted by molar-refractivity contribution is 5.82. The van der Waals surface area contributed by atoms with E-state index in [1.54, 1.807) is 0 Å². The number of hydrogen-bond donors (Lipinski definition) is 1. The quantitative estimate of drug-likeness (QED) is 0.698. The van der Waals surface area contributed by atoms with E-state index < -0.39 is 0 Å². The highest BCUT2D eigenvalue weighted by Crippen LogP contribution is 2.19. The van der Waals surface area contributed by atoms with Gasteiger partial charge in [-0.05, 0) is 6.07 Å². The van der Waals surface area contributed by atoms with E-state index in [0.717, 1.165) is 11.0 Å². The van der Waals surface area contributed by atoms with E-state index >= 15 is 0 Å². The molecule has 2 aromatic rings. The average Bonchev–Trinajstić information content (AvgIpc) is 2.47. The fourth-order valence-corrected chi connectivity index (χ4v) is 1.77. The third kappa shape index (κ3) is 1.80. The molecule has 0 spiro atoms. The molecule has 0 fully saturated rings. The number of benzene rings is 1. The molecular weight excluding hydrogens is 172 g/mol. The van der Waals surface area contributed by atoms with E-state index in [1.807, 2.05) is 0 Å². The van der Waals surface area contributed by atoms with Crippen molar-refractivity contribution in [3.63, 3.8) is 0 Å². The van der Waals surface area contributed by atoms with Gasteiger partial charge in [-0.1, -0.05) is 18.2 Å². The van der Waals surface area contributed by atoms with E-state index in [1.165, 1.54) is 16.5 Å². The van der Waals surface area contributed by atoms with Gasteiger partial charge in [0, 0.05) is 22.7 Å². The molecule has 1 heterocycles. The van der Waals surface area contributed by atoms with Crippen molar-refractivity contribution < 1.29 is 4.48 Å². The van der Waals surface area contributed by atoms with Crippen LogP contribution in [0.5, 0.6) is 0 Å². The first-order valence-electron chi connectivity index (χ1n) is 4.92. The van der Waals surface area contributed by atoms with Crippen LogP contribution < -0.4 is 0 Å². The van der Waals surface area contributed by atoms with Crippen LogP contribution >= 0.6 is 0 Å². The molecule has 1 aromatic carbocycles. The lowest BCUT2D eigenvalue weighted by Crippen LogP contribution is -2.33. The Morgan fingerprint density at radius 2 is 1.86 bits per heavy atom. The molecule has 0 aliphatic rings. The van der Waals surface area contributed by atoms with Crippen molar-refractivity contribution in [1.29, 1.82) is 0 Å². The van der Waals surface area contributed by atoms with Gasteiger partial charge in [0.05, 0.1) is 21.1 Å². The smallest absolute Gasteiger partial charge is 0.106 e. The Bertz CT molecular complexity index is 435. The number of H-pyrrole nitrogens is 1. The van der Waals surface area contributed by atoms with Crippen LogP contribution in [-0.2, 0) is 6.54 Å². The molecule has 0 aliphatic heterocycles. The number of para-hydroxylation sites is 1. The summed E-state index contributed by atoms with van der Waals surface area (Å²) >= 11 is 0. The van der Waals surface area contributed by atoms with Gasteiger partial charge >= 0.3 is 0 Å². The fourth-order valence-electron chi connectivity index (χ4n) is 1.77. The van der Waals surface area contributed by atoms with Crippen molar-refractivity contribution in [2.24, 2.45) is 0 Å². The molecule has 0 atom stereocenters. The first-order chi connectivity index (χ1) is 6.56. The van der Waals surface area contributed by atoms with Crippen molar-refractivity contribution in [2.75, 3.05) is 21.1 Å². The average molecular weight is 189 g/mol. The Balaban J connectivity index is 2.44. The standard InChI is InChI=1S/C12H17N2/c1-14(2,3)9-10-8-13-12-7-5-4-6-11(10)12/h4-8,13H,9H2,1-3H3/q+1. The molecule has 0 amide bonds. The van der Waals surface area contributed by atoms with Crippen molar-refractivity contribution >= 4 is 10.9 Å². The molecule has 1 aromatic heterocycles. The molecular formula is C12H17N2+. The van der Waals surface area contributed by atoms with Crippen LogP contribution in [-0.4, -0.2) is 30.6 Å². The normalized spacial score (nSPS) is 12.2. The topological polar surface area (TPSA) is 15.8 Å². The van der Waals surface area contributed by atoms with E-state index in [-0.39, 0.29) is 0 Å². The van der Waals surface area contributed by atoms with Gasteiger partial charge in [0.25, 0.3) is 0 Å². The van der Waals surface area contributed by atoms with Gasteiger partial charge in [0.2, 0.25) is 0 Å². The predicted molar refractivity (Wildman–Crippen MR) is 60.0 cm³/mol. The minimum atomic E-state index is 0.960. The van der Waals surface area contributed by atoms with Gasteiger partial charge in [0.1, 0.15) is 6.54 Å². The lowest BCUT2D eigenvalue weighted by atomic mass is 10.1. The van der Waals surface area contributed by atoms with E-state index in [0.29, 0.717) is 0 Å². The molecule has 2 rings (SSSR count). The Morgan fingerprint density at radius 1 is 1.14 bits per heavy atom. The third-order valence-corrected chi connectivity index (χ3v) is 2.32. The molecule has 0 radical (unpaired) electrons. The minimum absolute atomic E-state index is 0.960. The van der Waals surface area contributed by atoms with E-state index in [2.05, 4.69) is 56.6 Å². The lowest BCUT2D eigenvalue weighted by Gasteiger charge is -2.23. The maximum Gasteiger partial charge on any atom is 0.106 e. The molecule has 1 N–H and O–H groups in total. The summed E-state index contributed by atoms with van der Waals surface area (Å²) in [6, 6.07) is 8.45. The predicted octanol–water partition coefficient (Wildman–Crippen LogP) is 2.37. The van der Waals surface area contributed by atoms with Crippen LogP contribution in [0.4, 0.5) is 0 Å². The first kappa shape index (κ1) is 9.28. The van der Waals surface area contributed by atoms with E-state index in [4.69, 9.17) is 0 Å². The first-order valence-corrected chi connectivity index (χ1v) is 4.92. The molecule has 0 aliphatic carbocycles. The van der Waals surface area contributed by atoms with Crippen molar-refractivity contribution in [3.8, 4) is 0 Å². The number of aromatic amines is 1. The van der Waals surface area contributed by atoms with Gasteiger partial charge in [-0.25, -0.2) is 0 Å². The summed E-state index contributed by atoms with van der Waals surface area (Å²) in [5.41, 5.74) is 2.63. The Labute approximate surface area is 84.8 Å². The highest BCUT2D eigenvalue weighted by atomic mass is 15.3. The second-order valence-corrected chi connectivity index (χ2v) is 4.81. The summed E-state index contributed by atoms with van der Waals surface area (Å²) in [4.78, 5) is 3.30. The summed E-state index contributed by atoms with van der Waals surface area (Å²) in [5, 5.41) is 1.35. The van der Waals surface area contributed by atoms with Gasteiger partial charge < -0.3 is 9.47 Å². The van der Waals surface area contributed by atoms with Crippen LogP contribution in [0.2, 0.25) is 0 Å². The molecule has 14 heavy (non-hydrogen) atoms. The maximum absolute atomic E-state index is 3.30. The second kappa shape index (κ2) is 3.14. The summed E-state index contributed by atoms with van der Waals surface area (Å²) in [6.45, 7) is 1.06. The molecule has 0 bridgehead atoms. The number of aromatic nitrogens is 1. The number of quaternary nitrogens is 1. The zero-order valence-electron chi connectivity index (χ0n) is 9.04. The Kier molecular flexibility index (Phi) is 2.08.